The van der Waals surface area contributed by atoms with Gasteiger partial charge in [0.2, 0.25) is 5.95 Å². The van der Waals surface area contributed by atoms with E-state index >= 15 is 0 Å². The Morgan fingerprint density at radius 3 is 3.00 bits per heavy atom. The van der Waals surface area contributed by atoms with Crippen molar-refractivity contribution in [3.8, 4) is 0 Å². The van der Waals surface area contributed by atoms with Gasteiger partial charge in [-0.15, -0.1) is 11.8 Å². The second-order valence-corrected chi connectivity index (χ2v) is 5.82. The fourth-order valence-electron chi connectivity index (χ4n) is 2.21. The maximum atomic E-state index is 14.1. The van der Waals surface area contributed by atoms with Gasteiger partial charge in [0.15, 0.2) is 17.3 Å². The molecule has 0 amide bonds. The number of hydrogen-bond acceptors (Lipinski definition) is 7. The van der Waals surface area contributed by atoms with E-state index in [0.717, 1.165) is 11.8 Å². The number of nitrogens with two attached hydrogens (primary N) is 1. The zero-order chi connectivity index (χ0) is 14.4. The molecule has 5 N–H and O–H groups in total. The zero-order valence-corrected chi connectivity index (χ0v) is 10.9. The number of aliphatic hydroxyl groups excluding tert-OH is 2. The molecule has 0 saturated carbocycles. The molecule has 0 aromatic carbocycles. The number of halogens is 1. The molecule has 4 atom stereocenters. The summed E-state index contributed by atoms with van der Waals surface area (Å²) in [6, 6.07) is 0. The number of nitrogens with zero attached hydrogens (tertiary/aromatic N) is 3. The predicted molar refractivity (Wildman–Crippen MR) is 71.0 cm³/mol. The molecule has 1 aliphatic rings. The summed E-state index contributed by atoms with van der Waals surface area (Å²) in [7, 11) is 0. The minimum atomic E-state index is -1.60. The van der Waals surface area contributed by atoms with Gasteiger partial charge in [-0.05, 0) is 0 Å². The second-order valence-electron chi connectivity index (χ2n) is 4.46. The molecule has 1 fully saturated rings. The normalized spacial score (nSPS) is 30.1. The van der Waals surface area contributed by atoms with Crippen LogP contribution in [-0.2, 0) is 0 Å². The SMILES string of the molecule is Nc1nc2c(ncn2[C@H]2S[C@@H](CO)[C@@H](O)[C@H]2F)c(=O)[nH]1. The van der Waals surface area contributed by atoms with E-state index in [1.165, 1.54) is 10.9 Å². The van der Waals surface area contributed by atoms with Crippen LogP contribution in [-0.4, -0.2) is 53.9 Å². The molecular formula is C10H12FN5O3S. The average molecular weight is 301 g/mol. The molecule has 3 rings (SSSR count). The highest BCUT2D eigenvalue weighted by atomic mass is 32.2. The van der Waals surface area contributed by atoms with Crippen molar-refractivity contribution in [2.24, 2.45) is 0 Å². The van der Waals surface area contributed by atoms with Crippen molar-refractivity contribution in [2.75, 3.05) is 12.3 Å². The van der Waals surface area contributed by atoms with Gasteiger partial charge in [-0.2, -0.15) is 4.98 Å². The molecule has 10 heteroatoms. The van der Waals surface area contributed by atoms with Crippen LogP contribution in [0.2, 0.25) is 0 Å². The number of aliphatic hydroxyl groups is 2. The Balaban J connectivity index is 2.09. The van der Waals surface area contributed by atoms with Crippen LogP contribution in [0, 0.1) is 0 Å². The molecule has 108 valence electrons. The number of aromatic amines is 1. The summed E-state index contributed by atoms with van der Waals surface area (Å²) in [6.45, 7) is -0.342. The first-order chi connectivity index (χ1) is 9.52. The summed E-state index contributed by atoms with van der Waals surface area (Å²) >= 11 is 1.07. The average Bonchev–Trinajstić information content (AvgIpc) is 2.93. The number of fused-ring (bicyclic) bond motifs is 1. The molecule has 1 saturated heterocycles. The van der Waals surface area contributed by atoms with E-state index < -0.39 is 28.5 Å². The summed E-state index contributed by atoms with van der Waals surface area (Å²) in [4.78, 5) is 21.8. The molecule has 3 heterocycles. The molecule has 8 nitrogen and oxygen atoms in total. The summed E-state index contributed by atoms with van der Waals surface area (Å²) in [6.07, 6.45) is -1.60. The van der Waals surface area contributed by atoms with Gasteiger partial charge < -0.3 is 15.9 Å². The van der Waals surface area contributed by atoms with E-state index in [2.05, 4.69) is 15.0 Å². The van der Waals surface area contributed by atoms with Gasteiger partial charge >= 0.3 is 0 Å². The molecule has 0 unspecified atom stereocenters. The van der Waals surface area contributed by atoms with Crippen molar-refractivity contribution in [2.45, 2.75) is 22.9 Å². The number of aromatic nitrogens is 4. The highest BCUT2D eigenvalue weighted by Gasteiger charge is 2.45. The number of thioether (sulfide) groups is 1. The van der Waals surface area contributed by atoms with Crippen molar-refractivity contribution in [3.63, 3.8) is 0 Å². The van der Waals surface area contributed by atoms with E-state index in [9.17, 15) is 14.3 Å². The van der Waals surface area contributed by atoms with Crippen LogP contribution in [0.3, 0.4) is 0 Å². The van der Waals surface area contributed by atoms with E-state index in [0.29, 0.717) is 0 Å². The van der Waals surface area contributed by atoms with Gasteiger partial charge in [0, 0.05) is 0 Å². The quantitative estimate of drug-likeness (QED) is 0.560. The van der Waals surface area contributed by atoms with Gasteiger partial charge in [-0.3, -0.25) is 14.3 Å². The minimum Gasteiger partial charge on any atom is -0.395 e. The molecule has 2 aromatic rings. The Morgan fingerprint density at radius 2 is 2.35 bits per heavy atom. The topological polar surface area (TPSA) is 130 Å². The first-order valence-electron chi connectivity index (χ1n) is 5.83. The Labute approximate surface area is 115 Å². The Kier molecular flexibility index (Phi) is 3.15. The Morgan fingerprint density at radius 1 is 1.60 bits per heavy atom. The predicted octanol–water partition coefficient (Wildman–Crippen LogP) is -0.993. The van der Waals surface area contributed by atoms with Gasteiger partial charge in [0.05, 0.1) is 18.2 Å². The van der Waals surface area contributed by atoms with E-state index in [4.69, 9.17) is 10.8 Å². The van der Waals surface area contributed by atoms with Crippen molar-refractivity contribution >= 4 is 28.9 Å². The smallest absolute Gasteiger partial charge is 0.280 e. The third kappa shape index (κ3) is 1.87. The van der Waals surface area contributed by atoms with Crippen LogP contribution in [0.25, 0.3) is 11.2 Å². The molecule has 2 aromatic heterocycles. The third-order valence-electron chi connectivity index (χ3n) is 3.20. The van der Waals surface area contributed by atoms with Gasteiger partial charge in [-0.1, -0.05) is 0 Å². The van der Waals surface area contributed by atoms with Crippen LogP contribution in [0.1, 0.15) is 5.37 Å². The lowest BCUT2D eigenvalue weighted by atomic mass is 10.1. The second kappa shape index (κ2) is 4.72. The molecule has 0 bridgehead atoms. The number of alkyl halides is 1. The van der Waals surface area contributed by atoms with Crippen molar-refractivity contribution in [1.29, 1.82) is 0 Å². The number of rotatable bonds is 2. The molecule has 0 radical (unpaired) electrons. The standard InChI is InChI=1S/C10H12FN5O3S/c11-4-6(18)3(1-17)20-9(4)16-2-13-5-7(16)14-10(12)15-8(5)19/h2-4,6,9,17-18H,1H2,(H3,12,14,15,19)/t3-,4+,6+,9-/m0/s1. The van der Waals surface area contributed by atoms with Crippen molar-refractivity contribution < 1.29 is 14.6 Å². The molecular weight excluding hydrogens is 289 g/mol. The minimum absolute atomic E-state index is 0.0499. The highest BCUT2D eigenvalue weighted by molar-refractivity contribution is 8.00. The number of nitrogen functional groups attached to an aromatic ring is 1. The number of nitrogens with one attached hydrogen (secondary N) is 1. The maximum absolute atomic E-state index is 14.1. The van der Waals surface area contributed by atoms with Gasteiger partial charge in [-0.25, -0.2) is 9.37 Å². The monoisotopic (exact) mass is 301 g/mol. The zero-order valence-electron chi connectivity index (χ0n) is 10.1. The van der Waals surface area contributed by atoms with Crippen LogP contribution in [0.5, 0.6) is 0 Å². The molecule has 1 aliphatic heterocycles. The summed E-state index contributed by atoms with van der Waals surface area (Å²) in [5.74, 6) is -0.0955. The van der Waals surface area contributed by atoms with Crippen molar-refractivity contribution in [1.82, 2.24) is 19.5 Å². The lowest BCUT2D eigenvalue weighted by Gasteiger charge is -2.14. The van der Waals surface area contributed by atoms with Crippen molar-refractivity contribution in [3.05, 3.63) is 16.7 Å². The summed E-state index contributed by atoms with van der Waals surface area (Å²) < 4.78 is 15.5. The fourth-order valence-corrected chi connectivity index (χ4v) is 3.56. The number of H-pyrrole nitrogens is 1. The van der Waals surface area contributed by atoms with Crippen LogP contribution < -0.4 is 11.3 Å². The largest absolute Gasteiger partial charge is 0.395 e. The first-order valence-corrected chi connectivity index (χ1v) is 6.78. The molecule has 20 heavy (non-hydrogen) atoms. The van der Waals surface area contributed by atoms with E-state index in [-0.39, 0.29) is 23.7 Å². The molecule has 0 spiro atoms. The molecule has 0 aliphatic carbocycles. The number of hydrogen-bond donors (Lipinski definition) is 4. The van der Waals surface area contributed by atoms with E-state index in [1.54, 1.807) is 0 Å². The highest BCUT2D eigenvalue weighted by Crippen LogP contribution is 2.44. The third-order valence-corrected chi connectivity index (χ3v) is 4.74. The van der Waals surface area contributed by atoms with Gasteiger partial charge in [0.1, 0.15) is 11.5 Å². The van der Waals surface area contributed by atoms with E-state index in [1.807, 2.05) is 0 Å². The fraction of sp³-hybridized carbons (Fsp3) is 0.500. The van der Waals surface area contributed by atoms with Gasteiger partial charge in [0.25, 0.3) is 5.56 Å². The number of imidazole rings is 1. The van der Waals surface area contributed by atoms with Crippen LogP contribution >= 0.6 is 11.8 Å². The lowest BCUT2D eigenvalue weighted by molar-refractivity contribution is 0.0642. The lowest BCUT2D eigenvalue weighted by Crippen LogP contribution is -2.30. The summed E-state index contributed by atoms with van der Waals surface area (Å²) in [5.41, 5.74) is 5.16. The Hall–Kier alpha value is -1.65. The summed E-state index contributed by atoms with van der Waals surface area (Å²) in [5, 5.41) is 17.4. The number of anilines is 1. The first kappa shape index (κ1) is 13.3. The van der Waals surface area contributed by atoms with Crippen LogP contribution in [0.4, 0.5) is 10.3 Å². The maximum Gasteiger partial charge on any atom is 0.280 e. The Bertz CT molecular complexity index is 704. The van der Waals surface area contributed by atoms with Crippen LogP contribution in [0.15, 0.2) is 11.1 Å².